The Kier molecular flexibility index (Phi) is 1.86. The van der Waals surface area contributed by atoms with Crippen molar-refractivity contribution in [3.8, 4) is 0 Å². The van der Waals surface area contributed by atoms with Crippen LogP contribution >= 0.6 is 0 Å². The van der Waals surface area contributed by atoms with Crippen LogP contribution in [0.15, 0.2) is 0 Å². The molecule has 9 heavy (non-hydrogen) atoms. The van der Waals surface area contributed by atoms with E-state index in [9.17, 15) is 4.79 Å². The van der Waals surface area contributed by atoms with Crippen molar-refractivity contribution >= 4 is 5.78 Å². The fourth-order valence-electron chi connectivity index (χ4n) is 0.879. The van der Waals surface area contributed by atoms with E-state index in [1.54, 1.807) is 6.92 Å². The molecule has 1 aliphatic rings. The van der Waals surface area contributed by atoms with Gasteiger partial charge in [0.25, 0.3) is 0 Å². The molecule has 2 nitrogen and oxygen atoms in total. The number of hydrogen-bond acceptors (Lipinski definition) is 2. The van der Waals surface area contributed by atoms with Crippen molar-refractivity contribution < 1.29 is 4.79 Å². The molecule has 0 amide bonds. The quantitative estimate of drug-likeness (QED) is 0.606. The normalized spacial score (nSPS) is 21.6. The first kappa shape index (κ1) is 6.75. The molecule has 1 atom stereocenters. The van der Waals surface area contributed by atoms with Gasteiger partial charge in [-0.1, -0.05) is 12.8 Å². The largest absolute Gasteiger partial charge is 0.322 e. The minimum absolute atomic E-state index is 0.127. The van der Waals surface area contributed by atoms with Crippen LogP contribution < -0.4 is 5.73 Å². The molecule has 2 heteroatoms. The summed E-state index contributed by atoms with van der Waals surface area (Å²) < 4.78 is 0. The molecule has 0 aromatic heterocycles. The lowest BCUT2D eigenvalue weighted by Gasteiger charge is -2.03. The van der Waals surface area contributed by atoms with Gasteiger partial charge in [0.15, 0.2) is 0 Å². The number of nitrogens with two attached hydrogens (primary N) is 1. The number of hydrogen-bond donors (Lipinski definition) is 1. The lowest BCUT2D eigenvalue weighted by molar-refractivity contribution is -0.118. The monoisotopic (exact) mass is 127 g/mol. The average Bonchev–Trinajstić information content (AvgIpc) is 2.50. The summed E-state index contributed by atoms with van der Waals surface area (Å²) >= 11 is 0. The van der Waals surface area contributed by atoms with Gasteiger partial charge >= 0.3 is 0 Å². The zero-order chi connectivity index (χ0) is 6.85. The molecule has 0 saturated heterocycles. The molecule has 52 valence electrons. The van der Waals surface area contributed by atoms with Gasteiger partial charge in [0.2, 0.25) is 0 Å². The Bertz CT molecular complexity index is 118. The third kappa shape index (κ3) is 2.14. The number of rotatable bonds is 3. The van der Waals surface area contributed by atoms with E-state index < -0.39 is 0 Å². The summed E-state index contributed by atoms with van der Waals surface area (Å²) in [5, 5.41) is 0. The van der Waals surface area contributed by atoms with Gasteiger partial charge in [-0.15, -0.1) is 0 Å². The standard InChI is InChI=1S/C7H13NO/c1-5(9)7(8)4-6-2-3-6/h6-7H,2-4,8H2,1H3/t7-/m0/s1. The second-order valence-corrected chi connectivity index (χ2v) is 2.90. The fraction of sp³-hybridized carbons (Fsp3) is 0.857. The second kappa shape index (κ2) is 2.48. The van der Waals surface area contributed by atoms with Crippen LogP contribution in [0.5, 0.6) is 0 Å². The maximum Gasteiger partial charge on any atom is 0.146 e. The van der Waals surface area contributed by atoms with Crippen LogP contribution in [0, 0.1) is 5.92 Å². The SMILES string of the molecule is CC(=O)[C@@H](N)CC1CC1. The van der Waals surface area contributed by atoms with Crippen LogP contribution in [-0.4, -0.2) is 11.8 Å². The fourth-order valence-corrected chi connectivity index (χ4v) is 0.879. The smallest absolute Gasteiger partial charge is 0.146 e. The predicted molar refractivity (Wildman–Crippen MR) is 36.0 cm³/mol. The Balaban J connectivity index is 2.16. The molecule has 0 bridgehead atoms. The summed E-state index contributed by atoms with van der Waals surface area (Å²) in [4.78, 5) is 10.6. The van der Waals surface area contributed by atoms with E-state index in [4.69, 9.17) is 5.73 Å². The molecular formula is C7H13NO. The zero-order valence-electron chi connectivity index (χ0n) is 5.76. The topological polar surface area (TPSA) is 43.1 Å². The Hall–Kier alpha value is -0.370. The highest BCUT2D eigenvalue weighted by molar-refractivity contribution is 5.81. The van der Waals surface area contributed by atoms with Gasteiger partial charge in [-0.25, -0.2) is 0 Å². The molecule has 0 aliphatic heterocycles. The number of Topliss-reactive ketones (excluding diaryl/α,β-unsaturated/α-hetero) is 1. The maximum absolute atomic E-state index is 10.6. The summed E-state index contributed by atoms with van der Waals surface area (Å²) in [6.07, 6.45) is 3.47. The van der Waals surface area contributed by atoms with E-state index in [2.05, 4.69) is 0 Å². The molecular weight excluding hydrogens is 114 g/mol. The lowest BCUT2D eigenvalue weighted by atomic mass is 10.1. The van der Waals surface area contributed by atoms with E-state index in [0.29, 0.717) is 0 Å². The third-order valence-electron chi connectivity index (χ3n) is 1.81. The summed E-state index contributed by atoms with van der Waals surface area (Å²) in [6, 6.07) is -0.183. The van der Waals surface area contributed by atoms with Gasteiger partial charge in [0, 0.05) is 0 Å². The van der Waals surface area contributed by atoms with Gasteiger partial charge in [-0.05, 0) is 19.3 Å². The third-order valence-corrected chi connectivity index (χ3v) is 1.81. The van der Waals surface area contributed by atoms with Crippen LogP contribution in [0.25, 0.3) is 0 Å². The molecule has 0 heterocycles. The molecule has 0 aromatic carbocycles. The van der Waals surface area contributed by atoms with E-state index >= 15 is 0 Å². The highest BCUT2D eigenvalue weighted by Gasteiger charge is 2.25. The molecule has 1 fully saturated rings. The molecule has 0 unspecified atom stereocenters. The summed E-state index contributed by atoms with van der Waals surface area (Å²) in [5.41, 5.74) is 5.51. The summed E-state index contributed by atoms with van der Waals surface area (Å²) in [7, 11) is 0. The van der Waals surface area contributed by atoms with Gasteiger partial charge in [0.1, 0.15) is 5.78 Å². The molecule has 1 rings (SSSR count). The van der Waals surface area contributed by atoms with Crippen LogP contribution in [-0.2, 0) is 4.79 Å². The molecule has 0 spiro atoms. The summed E-state index contributed by atoms with van der Waals surface area (Å²) in [5.74, 6) is 0.894. The Morgan fingerprint density at radius 2 is 2.33 bits per heavy atom. The first-order valence-electron chi connectivity index (χ1n) is 3.46. The Morgan fingerprint density at radius 1 is 1.78 bits per heavy atom. The lowest BCUT2D eigenvalue weighted by Crippen LogP contribution is -2.28. The van der Waals surface area contributed by atoms with Crippen LogP contribution in [0.3, 0.4) is 0 Å². The molecule has 0 radical (unpaired) electrons. The minimum atomic E-state index is -0.183. The van der Waals surface area contributed by atoms with Crippen molar-refractivity contribution in [3.05, 3.63) is 0 Å². The molecule has 2 N–H and O–H groups in total. The number of carbonyl (C=O) groups is 1. The number of ketones is 1. The van der Waals surface area contributed by atoms with Crippen LogP contribution in [0.2, 0.25) is 0 Å². The van der Waals surface area contributed by atoms with Crippen LogP contribution in [0.4, 0.5) is 0 Å². The minimum Gasteiger partial charge on any atom is -0.322 e. The Morgan fingerprint density at radius 3 is 2.67 bits per heavy atom. The van der Waals surface area contributed by atoms with Crippen molar-refractivity contribution in [1.29, 1.82) is 0 Å². The van der Waals surface area contributed by atoms with Gasteiger partial charge < -0.3 is 5.73 Å². The van der Waals surface area contributed by atoms with Crippen molar-refractivity contribution in [1.82, 2.24) is 0 Å². The van der Waals surface area contributed by atoms with Crippen molar-refractivity contribution in [3.63, 3.8) is 0 Å². The Labute approximate surface area is 55.4 Å². The van der Waals surface area contributed by atoms with Crippen LogP contribution in [0.1, 0.15) is 26.2 Å². The second-order valence-electron chi connectivity index (χ2n) is 2.90. The highest BCUT2D eigenvalue weighted by Crippen LogP contribution is 2.33. The number of carbonyl (C=O) groups excluding carboxylic acids is 1. The first-order chi connectivity index (χ1) is 4.20. The van der Waals surface area contributed by atoms with E-state index in [-0.39, 0.29) is 11.8 Å². The molecule has 1 aliphatic carbocycles. The molecule has 0 aromatic rings. The van der Waals surface area contributed by atoms with Gasteiger partial charge in [-0.2, -0.15) is 0 Å². The molecule has 1 saturated carbocycles. The maximum atomic E-state index is 10.6. The van der Waals surface area contributed by atoms with Crippen molar-refractivity contribution in [2.75, 3.05) is 0 Å². The average molecular weight is 127 g/mol. The zero-order valence-corrected chi connectivity index (χ0v) is 5.76. The van der Waals surface area contributed by atoms with E-state index in [1.807, 2.05) is 0 Å². The highest BCUT2D eigenvalue weighted by atomic mass is 16.1. The predicted octanol–water partition coefficient (Wildman–Crippen LogP) is 0.703. The van der Waals surface area contributed by atoms with Crippen molar-refractivity contribution in [2.24, 2.45) is 11.7 Å². The van der Waals surface area contributed by atoms with Gasteiger partial charge in [-0.3, -0.25) is 4.79 Å². The summed E-state index contributed by atoms with van der Waals surface area (Å²) in [6.45, 7) is 1.56. The first-order valence-corrected chi connectivity index (χ1v) is 3.46. The van der Waals surface area contributed by atoms with Gasteiger partial charge in [0.05, 0.1) is 6.04 Å². The van der Waals surface area contributed by atoms with E-state index in [0.717, 1.165) is 12.3 Å². The van der Waals surface area contributed by atoms with E-state index in [1.165, 1.54) is 12.8 Å². The van der Waals surface area contributed by atoms with Crippen molar-refractivity contribution in [2.45, 2.75) is 32.2 Å².